The number of nitrogens with two attached hydrogens (primary N) is 2. The Bertz CT molecular complexity index is 1270. The lowest BCUT2D eigenvalue weighted by atomic mass is 9.98. The molecular formula is C23H25N7OS. The first-order chi connectivity index (χ1) is 15.3. The van der Waals surface area contributed by atoms with Crippen molar-refractivity contribution in [2.45, 2.75) is 33.2 Å². The minimum absolute atomic E-state index is 0.0989. The Kier molecular flexibility index (Phi) is 5.93. The summed E-state index contributed by atoms with van der Waals surface area (Å²) < 4.78 is 2.02. The lowest BCUT2D eigenvalue weighted by molar-refractivity contribution is -0.130. The summed E-state index contributed by atoms with van der Waals surface area (Å²) >= 11 is 1.68. The summed E-state index contributed by atoms with van der Waals surface area (Å²) in [5.74, 6) is 12.8. The summed E-state index contributed by atoms with van der Waals surface area (Å²) in [6.45, 7) is 6.42. The Morgan fingerprint density at radius 2 is 1.94 bits per heavy atom. The van der Waals surface area contributed by atoms with E-state index in [9.17, 15) is 4.79 Å². The van der Waals surface area contributed by atoms with Crippen molar-refractivity contribution >= 4 is 23.0 Å². The normalized spacial score (nSPS) is 14.6. The van der Waals surface area contributed by atoms with Gasteiger partial charge in [-0.2, -0.15) is 0 Å². The molecule has 0 aliphatic carbocycles. The van der Waals surface area contributed by atoms with Crippen molar-refractivity contribution in [3.05, 3.63) is 63.0 Å². The Labute approximate surface area is 190 Å². The van der Waals surface area contributed by atoms with Gasteiger partial charge in [-0.05, 0) is 38.5 Å². The summed E-state index contributed by atoms with van der Waals surface area (Å²) in [4.78, 5) is 18.8. The van der Waals surface area contributed by atoms with Gasteiger partial charge in [0.1, 0.15) is 16.9 Å². The standard InChI is InChI=1S/C23H25N7OS/c1-13-14(2)32-23-20(13)21(17-9-7-16(8-10-17)6-5-11-24)26-18(12-19(31)29(4)25)22-28-27-15(3)30(22)23/h7-10,18H,11-12,24-25H2,1-4H3/t18-/m0/s1. The van der Waals surface area contributed by atoms with Crippen LogP contribution in [0.5, 0.6) is 0 Å². The maximum atomic E-state index is 12.5. The monoisotopic (exact) mass is 447 g/mol. The molecule has 164 valence electrons. The van der Waals surface area contributed by atoms with Gasteiger partial charge in [-0.15, -0.1) is 21.5 Å². The first kappa shape index (κ1) is 21.9. The minimum Gasteiger partial charge on any atom is -0.320 e. The number of nitrogens with zero attached hydrogens (tertiary/aromatic N) is 5. The topological polar surface area (TPSA) is 115 Å². The van der Waals surface area contributed by atoms with Crippen molar-refractivity contribution in [1.29, 1.82) is 0 Å². The van der Waals surface area contributed by atoms with E-state index < -0.39 is 6.04 Å². The van der Waals surface area contributed by atoms with Crippen LogP contribution < -0.4 is 11.6 Å². The average Bonchev–Trinajstić information content (AvgIpc) is 3.24. The maximum absolute atomic E-state index is 12.5. The van der Waals surface area contributed by atoms with Crippen molar-refractivity contribution in [1.82, 2.24) is 19.8 Å². The van der Waals surface area contributed by atoms with E-state index >= 15 is 0 Å². The van der Waals surface area contributed by atoms with Crippen LogP contribution in [-0.2, 0) is 4.79 Å². The average molecular weight is 448 g/mol. The molecule has 0 unspecified atom stereocenters. The first-order valence-corrected chi connectivity index (χ1v) is 11.0. The van der Waals surface area contributed by atoms with Gasteiger partial charge >= 0.3 is 0 Å². The van der Waals surface area contributed by atoms with E-state index in [1.807, 2.05) is 35.8 Å². The fourth-order valence-corrected chi connectivity index (χ4v) is 4.91. The van der Waals surface area contributed by atoms with Crippen LogP contribution in [0.25, 0.3) is 5.00 Å². The van der Waals surface area contributed by atoms with Crippen molar-refractivity contribution in [2.75, 3.05) is 13.6 Å². The second kappa shape index (κ2) is 8.67. The molecular weight excluding hydrogens is 422 g/mol. The van der Waals surface area contributed by atoms with Gasteiger partial charge in [0, 0.05) is 28.6 Å². The second-order valence-electron chi connectivity index (χ2n) is 7.69. The molecule has 32 heavy (non-hydrogen) atoms. The molecule has 2 aromatic heterocycles. The van der Waals surface area contributed by atoms with Crippen molar-refractivity contribution in [3.63, 3.8) is 0 Å². The van der Waals surface area contributed by atoms with Crippen LogP contribution in [0.15, 0.2) is 29.3 Å². The van der Waals surface area contributed by atoms with Gasteiger partial charge in [-0.3, -0.25) is 19.4 Å². The summed E-state index contributed by atoms with van der Waals surface area (Å²) in [5.41, 5.74) is 10.3. The Hall–Kier alpha value is -3.32. The van der Waals surface area contributed by atoms with Crippen LogP contribution in [0.3, 0.4) is 0 Å². The summed E-state index contributed by atoms with van der Waals surface area (Å²) in [5, 5.41) is 10.8. The largest absolute Gasteiger partial charge is 0.320 e. The fraction of sp³-hybridized carbons (Fsp3) is 0.304. The highest BCUT2D eigenvalue weighted by atomic mass is 32.1. The maximum Gasteiger partial charge on any atom is 0.238 e. The first-order valence-electron chi connectivity index (χ1n) is 10.2. The third-order valence-electron chi connectivity index (χ3n) is 5.49. The summed E-state index contributed by atoms with van der Waals surface area (Å²) in [7, 11) is 1.53. The number of amides is 1. The number of hydrogen-bond donors (Lipinski definition) is 2. The zero-order chi connectivity index (χ0) is 23.0. The second-order valence-corrected chi connectivity index (χ2v) is 8.89. The predicted octanol–water partition coefficient (Wildman–Crippen LogP) is 2.18. The number of fused-ring (bicyclic) bond motifs is 3. The number of benzene rings is 1. The SMILES string of the molecule is Cc1sc2c(c1C)C(c1ccc(C#CCN)cc1)=N[C@@H](CC(=O)N(C)N)c1nnc(C)n1-2. The molecule has 4 N–H and O–H groups in total. The van der Waals surface area contributed by atoms with E-state index in [-0.39, 0.29) is 12.3 Å². The zero-order valence-corrected chi connectivity index (χ0v) is 19.3. The lowest BCUT2D eigenvalue weighted by Crippen LogP contribution is -2.34. The molecule has 8 nitrogen and oxygen atoms in total. The highest BCUT2D eigenvalue weighted by molar-refractivity contribution is 7.15. The van der Waals surface area contributed by atoms with Crippen molar-refractivity contribution in [2.24, 2.45) is 16.6 Å². The zero-order valence-electron chi connectivity index (χ0n) is 18.5. The molecule has 1 aromatic carbocycles. The molecule has 0 fully saturated rings. The molecule has 1 amide bonds. The Morgan fingerprint density at radius 3 is 2.59 bits per heavy atom. The van der Waals surface area contributed by atoms with Crippen LogP contribution in [0, 0.1) is 32.6 Å². The van der Waals surface area contributed by atoms with E-state index in [0.29, 0.717) is 12.4 Å². The number of hydrazine groups is 1. The molecule has 3 aromatic rings. The van der Waals surface area contributed by atoms with Gasteiger partial charge in [0.25, 0.3) is 0 Å². The number of thiophene rings is 1. The minimum atomic E-state index is -0.513. The third-order valence-corrected chi connectivity index (χ3v) is 6.69. The van der Waals surface area contributed by atoms with Gasteiger partial charge < -0.3 is 5.73 Å². The fourth-order valence-electron chi connectivity index (χ4n) is 3.70. The molecule has 0 radical (unpaired) electrons. The van der Waals surface area contributed by atoms with Crippen molar-refractivity contribution in [3.8, 4) is 16.8 Å². The molecule has 0 saturated heterocycles. The van der Waals surface area contributed by atoms with Crippen LogP contribution in [-0.4, -0.2) is 45.0 Å². The molecule has 1 atom stereocenters. The highest BCUT2D eigenvalue weighted by Gasteiger charge is 2.32. The number of aliphatic imine (C=N–C) groups is 1. The molecule has 0 spiro atoms. The molecule has 1 aliphatic heterocycles. The lowest BCUT2D eigenvalue weighted by Gasteiger charge is -2.15. The summed E-state index contributed by atoms with van der Waals surface area (Å²) in [6, 6.07) is 7.41. The molecule has 9 heteroatoms. The van der Waals surface area contributed by atoms with Crippen LogP contribution in [0.4, 0.5) is 0 Å². The molecule has 4 rings (SSSR count). The van der Waals surface area contributed by atoms with Gasteiger partial charge in [-0.25, -0.2) is 5.84 Å². The van der Waals surface area contributed by atoms with Crippen molar-refractivity contribution < 1.29 is 4.79 Å². The molecule has 3 heterocycles. The van der Waals surface area contributed by atoms with Gasteiger partial charge in [0.2, 0.25) is 5.91 Å². The number of carbonyl (C=O) groups is 1. The molecule has 0 bridgehead atoms. The highest BCUT2D eigenvalue weighted by Crippen LogP contribution is 2.39. The van der Waals surface area contributed by atoms with Crippen LogP contribution >= 0.6 is 11.3 Å². The Morgan fingerprint density at radius 1 is 1.22 bits per heavy atom. The van der Waals surface area contributed by atoms with Gasteiger partial charge in [-0.1, -0.05) is 24.0 Å². The van der Waals surface area contributed by atoms with E-state index in [1.54, 1.807) is 11.3 Å². The third kappa shape index (κ3) is 3.84. The van der Waals surface area contributed by atoms with Gasteiger partial charge in [0.15, 0.2) is 5.82 Å². The number of carbonyl (C=O) groups excluding carboxylic acids is 1. The number of aryl methyl sites for hydroxylation is 2. The Balaban J connectivity index is 1.92. The number of aromatic nitrogens is 3. The van der Waals surface area contributed by atoms with E-state index in [4.69, 9.17) is 16.6 Å². The molecule has 1 aliphatic rings. The smallest absolute Gasteiger partial charge is 0.238 e. The van der Waals surface area contributed by atoms with E-state index in [0.717, 1.165) is 43.8 Å². The van der Waals surface area contributed by atoms with E-state index in [1.165, 1.54) is 11.9 Å². The van der Waals surface area contributed by atoms with E-state index in [2.05, 4.69) is 35.9 Å². The predicted molar refractivity (Wildman–Crippen MR) is 126 cm³/mol. The van der Waals surface area contributed by atoms with Gasteiger partial charge in [0.05, 0.1) is 18.7 Å². The quantitative estimate of drug-likeness (QED) is 0.276. The van der Waals surface area contributed by atoms with Crippen LogP contribution in [0.1, 0.15) is 51.2 Å². The number of rotatable bonds is 3. The number of hydrogen-bond acceptors (Lipinski definition) is 7. The molecule has 0 saturated carbocycles. The van der Waals surface area contributed by atoms with Crippen LogP contribution in [0.2, 0.25) is 0 Å². The summed E-state index contributed by atoms with van der Waals surface area (Å²) in [6.07, 6.45) is 0.0989.